The van der Waals surface area contributed by atoms with Gasteiger partial charge < -0.3 is 15.3 Å². The molecule has 2 rings (SSSR count). The third kappa shape index (κ3) is 4.40. The molecule has 0 unspecified atom stereocenters. The van der Waals surface area contributed by atoms with Gasteiger partial charge in [0, 0.05) is 18.8 Å². The van der Waals surface area contributed by atoms with Crippen LogP contribution in [-0.4, -0.2) is 39.1 Å². The van der Waals surface area contributed by atoms with Crippen LogP contribution in [0.5, 0.6) is 5.75 Å². The highest BCUT2D eigenvalue weighted by molar-refractivity contribution is 8.23. The molecule has 1 fully saturated rings. The molecular weight excluding hydrogens is 280 g/mol. The molecule has 19 heavy (non-hydrogen) atoms. The van der Waals surface area contributed by atoms with E-state index >= 15 is 0 Å². The molecule has 1 amide bonds. The van der Waals surface area contributed by atoms with E-state index in [1.165, 1.54) is 36.7 Å². The van der Waals surface area contributed by atoms with Gasteiger partial charge in [-0.1, -0.05) is 24.0 Å². The second kappa shape index (κ2) is 6.77. The van der Waals surface area contributed by atoms with Crippen LogP contribution in [0.4, 0.5) is 5.69 Å². The molecule has 1 heterocycles. The van der Waals surface area contributed by atoms with Gasteiger partial charge in [0.25, 0.3) is 0 Å². The number of nitrogens with zero attached hydrogens (tertiary/aromatic N) is 1. The van der Waals surface area contributed by atoms with Crippen LogP contribution >= 0.6 is 24.0 Å². The molecule has 1 saturated heterocycles. The first-order chi connectivity index (χ1) is 9.15. The molecule has 1 aliphatic rings. The molecule has 0 radical (unpaired) electrons. The second-order valence-corrected chi connectivity index (χ2v) is 5.95. The van der Waals surface area contributed by atoms with Crippen LogP contribution < -0.4 is 5.32 Å². The Morgan fingerprint density at radius 1 is 1.32 bits per heavy atom. The number of nitrogens with one attached hydrogen (secondary N) is 1. The summed E-state index contributed by atoms with van der Waals surface area (Å²) in [4.78, 5) is 13.9. The molecule has 4 nitrogen and oxygen atoms in total. The Labute approximate surface area is 122 Å². The van der Waals surface area contributed by atoms with Crippen molar-refractivity contribution in [1.29, 1.82) is 0 Å². The predicted molar refractivity (Wildman–Crippen MR) is 82.6 cm³/mol. The van der Waals surface area contributed by atoms with Crippen LogP contribution in [0, 0.1) is 0 Å². The minimum atomic E-state index is -0.0859. The van der Waals surface area contributed by atoms with E-state index in [4.69, 9.17) is 17.3 Å². The van der Waals surface area contributed by atoms with Crippen LogP contribution in [0.3, 0.4) is 0 Å². The van der Waals surface area contributed by atoms with E-state index in [0.29, 0.717) is 11.4 Å². The summed E-state index contributed by atoms with van der Waals surface area (Å²) in [6, 6.07) is 6.41. The zero-order valence-corrected chi connectivity index (χ0v) is 12.1. The first kappa shape index (κ1) is 14.1. The van der Waals surface area contributed by atoms with Crippen LogP contribution in [-0.2, 0) is 4.79 Å². The Balaban J connectivity index is 1.75. The molecule has 0 aliphatic carbocycles. The quantitative estimate of drug-likeness (QED) is 0.663. The maximum absolute atomic E-state index is 11.7. The summed E-state index contributed by atoms with van der Waals surface area (Å²) in [7, 11) is 0. The average molecular weight is 296 g/mol. The van der Waals surface area contributed by atoms with Crippen LogP contribution in [0.25, 0.3) is 0 Å². The number of hydrogen-bond acceptors (Lipinski definition) is 4. The first-order valence-electron chi connectivity index (χ1n) is 6.16. The number of phenols is 1. The van der Waals surface area contributed by atoms with Gasteiger partial charge in [-0.2, -0.15) is 0 Å². The number of benzene rings is 1. The molecule has 1 aliphatic heterocycles. The lowest BCUT2D eigenvalue weighted by atomic mass is 10.3. The Morgan fingerprint density at radius 3 is 2.58 bits per heavy atom. The van der Waals surface area contributed by atoms with Crippen LogP contribution in [0.1, 0.15) is 12.8 Å². The predicted octanol–water partition coefficient (Wildman–Crippen LogP) is 2.44. The van der Waals surface area contributed by atoms with E-state index < -0.39 is 0 Å². The van der Waals surface area contributed by atoms with Crippen molar-refractivity contribution in [1.82, 2.24) is 4.90 Å². The normalized spacial score (nSPS) is 14.4. The maximum atomic E-state index is 11.7. The Morgan fingerprint density at radius 2 is 1.95 bits per heavy atom. The van der Waals surface area contributed by atoms with Gasteiger partial charge in [-0.25, -0.2) is 0 Å². The molecule has 0 saturated carbocycles. The van der Waals surface area contributed by atoms with Gasteiger partial charge >= 0.3 is 0 Å². The number of amides is 1. The highest BCUT2D eigenvalue weighted by Crippen LogP contribution is 2.17. The zero-order chi connectivity index (χ0) is 13.7. The molecule has 6 heteroatoms. The minimum absolute atomic E-state index is 0.0859. The fraction of sp³-hybridized carbons (Fsp3) is 0.385. The van der Waals surface area contributed by atoms with Gasteiger partial charge in [-0.3, -0.25) is 4.79 Å². The van der Waals surface area contributed by atoms with E-state index in [1.807, 2.05) is 0 Å². The number of carbonyl (C=O) groups excluding carboxylic acids is 1. The number of anilines is 1. The fourth-order valence-electron chi connectivity index (χ4n) is 1.86. The van der Waals surface area contributed by atoms with Crippen molar-refractivity contribution in [2.75, 3.05) is 24.2 Å². The first-order valence-corrected chi connectivity index (χ1v) is 7.55. The molecular formula is C13H16N2O2S2. The lowest BCUT2D eigenvalue weighted by Gasteiger charge is -2.17. The third-order valence-electron chi connectivity index (χ3n) is 2.84. The van der Waals surface area contributed by atoms with Gasteiger partial charge in [0.15, 0.2) is 0 Å². The largest absolute Gasteiger partial charge is 0.508 e. The van der Waals surface area contributed by atoms with Crippen molar-refractivity contribution in [2.24, 2.45) is 0 Å². The van der Waals surface area contributed by atoms with Crippen LogP contribution in [0.15, 0.2) is 24.3 Å². The van der Waals surface area contributed by atoms with E-state index in [9.17, 15) is 4.79 Å². The summed E-state index contributed by atoms with van der Waals surface area (Å²) < 4.78 is 0.804. The summed E-state index contributed by atoms with van der Waals surface area (Å²) in [5, 5.41) is 11.9. The molecule has 0 atom stereocenters. The van der Waals surface area contributed by atoms with Crippen molar-refractivity contribution < 1.29 is 9.90 Å². The summed E-state index contributed by atoms with van der Waals surface area (Å²) in [5.74, 6) is 0.413. The fourth-order valence-corrected chi connectivity index (χ4v) is 2.91. The van der Waals surface area contributed by atoms with E-state index in [0.717, 1.165) is 17.4 Å². The summed E-state index contributed by atoms with van der Waals surface area (Å²) in [5.41, 5.74) is 0.676. The molecule has 102 valence electrons. The van der Waals surface area contributed by atoms with Crippen molar-refractivity contribution in [3.63, 3.8) is 0 Å². The number of rotatable bonds is 3. The van der Waals surface area contributed by atoms with Crippen molar-refractivity contribution in [3.8, 4) is 5.75 Å². The molecule has 1 aromatic rings. The maximum Gasteiger partial charge on any atom is 0.234 e. The Bertz CT molecular complexity index is 456. The van der Waals surface area contributed by atoms with E-state index in [2.05, 4.69) is 10.2 Å². The standard InChI is InChI=1S/C13H16N2O2S2/c16-11-5-3-10(4-6-11)14-12(17)9-19-13(18)15-7-1-2-8-15/h3-6,16H,1-2,7-9H2,(H,14,17). The van der Waals surface area contributed by atoms with E-state index in [-0.39, 0.29) is 11.7 Å². The lowest BCUT2D eigenvalue weighted by Crippen LogP contribution is -2.25. The third-order valence-corrected chi connectivity index (χ3v) is 4.37. The zero-order valence-electron chi connectivity index (χ0n) is 10.5. The summed E-state index contributed by atoms with van der Waals surface area (Å²) in [6.07, 6.45) is 2.36. The van der Waals surface area contributed by atoms with E-state index in [1.54, 1.807) is 12.1 Å². The average Bonchev–Trinajstić information content (AvgIpc) is 2.93. The van der Waals surface area contributed by atoms with Gasteiger partial charge in [-0.15, -0.1) is 0 Å². The smallest absolute Gasteiger partial charge is 0.234 e. The number of thiocarbonyl (C=S) groups is 1. The lowest BCUT2D eigenvalue weighted by molar-refractivity contribution is -0.113. The van der Waals surface area contributed by atoms with Gasteiger partial charge in [-0.05, 0) is 37.1 Å². The number of aromatic hydroxyl groups is 1. The highest BCUT2D eigenvalue weighted by Gasteiger charge is 2.16. The van der Waals surface area contributed by atoms with Gasteiger partial charge in [0.05, 0.1) is 5.75 Å². The Hall–Kier alpha value is -1.27. The number of phenolic OH excluding ortho intramolecular Hbond substituents is 1. The van der Waals surface area contributed by atoms with Crippen molar-refractivity contribution in [3.05, 3.63) is 24.3 Å². The topological polar surface area (TPSA) is 52.6 Å². The van der Waals surface area contributed by atoms with Crippen molar-refractivity contribution in [2.45, 2.75) is 12.8 Å². The highest BCUT2D eigenvalue weighted by atomic mass is 32.2. The Kier molecular flexibility index (Phi) is 5.04. The number of hydrogen-bond donors (Lipinski definition) is 2. The van der Waals surface area contributed by atoms with Crippen molar-refractivity contribution >= 4 is 39.9 Å². The summed E-state index contributed by atoms with van der Waals surface area (Å²) in [6.45, 7) is 2.01. The number of thioether (sulfide) groups is 1. The molecule has 0 bridgehead atoms. The molecule has 2 N–H and O–H groups in total. The van der Waals surface area contributed by atoms with Gasteiger partial charge in [0.2, 0.25) is 5.91 Å². The molecule has 0 spiro atoms. The summed E-state index contributed by atoms with van der Waals surface area (Å²) >= 11 is 6.69. The number of carbonyl (C=O) groups is 1. The number of likely N-dealkylation sites (tertiary alicyclic amines) is 1. The van der Waals surface area contributed by atoms with Crippen LogP contribution in [0.2, 0.25) is 0 Å². The monoisotopic (exact) mass is 296 g/mol. The SMILES string of the molecule is O=C(CSC(=S)N1CCCC1)Nc1ccc(O)cc1. The minimum Gasteiger partial charge on any atom is -0.508 e. The second-order valence-electron chi connectivity index (χ2n) is 4.34. The molecule has 1 aromatic carbocycles. The molecule has 0 aromatic heterocycles. The van der Waals surface area contributed by atoms with Gasteiger partial charge in [0.1, 0.15) is 10.1 Å².